The summed E-state index contributed by atoms with van der Waals surface area (Å²) in [6.45, 7) is 0. The highest BCUT2D eigenvalue weighted by molar-refractivity contribution is 7.80. The number of methoxy groups -OCH3 is 1. The summed E-state index contributed by atoms with van der Waals surface area (Å²) < 4.78 is 28.0. The second-order valence-corrected chi connectivity index (χ2v) is 9.41. The van der Waals surface area contributed by atoms with Gasteiger partial charge in [-0.15, -0.1) is 0 Å². The van der Waals surface area contributed by atoms with Gasteiger partial charge in [-0.25, -0.2) is 4.39 Å². The lowest BCUT2D eigenvalue weighted by molar-refractivity contribution is 0.413. The van der Waals surface area contributed by atoms with Gasteiger partial charge in [-0.2, -0.15) is 0 Å². The van der Waals surface area contributed by atoms with Crippen LogP contribution in [0.5, 0.6) is 17.2 Å². The molecule has 8 heteroatoms. The highest BCUT2D eigenvalue weighted by Gasteiger charge is 2.42. The van der Waals surface area contributed by atoms with E-state index < -0.39 is 0 Å². The van der Waals surface area contributed by atoms with E-state index in [0.717, 1.165) is 22.8 Å². The number of pyridine rings is 1. The van der Waals surface area contributed by atoms with Gasteiger partial charge >= 0.3 is 0 Å². The molecule has 2 atom stereocenters. The Morgan fingerprint density at radius 1 is 0.821 bits per heavy atom. The van der Waals surface area contributed by atoms with E-state index in [1.807, 2.05) is 95.7 Å². The second kappa shape index (κ2) is 10.6. The van der Waals surface area contributed by atoms with E-state index >= 15 is 0 Å². The minimum absolute atomic E-state index is 0.255. The molecule has 1 fully saturated rings. The molecule has 39 heavy (non-hydrogen) atoms. The normalized spacial score (nSPS) is 16.7. The second-order valence-electron chi connectivity index (χ2n) is 9.02. The van der Waals surface area contributed by atoms with Gasteiger partial charge in [-0.1, -0.05) is 18.2 Å². The van der Waals surface area contributed by atoms with E-state index in [1.165, 1.54) is 6.07 Å². The maximum atomic E-state index is 14.9. The van der Waals surface area contributed by atoms with Gasteiger partial charge in [0.05, 0.1) is 24.5 Å². The van der Waals surface area contributed by atoms with Crippen LogP contribution in [0.1, 0.15) is 23.5 Å². The molecular formula is C31H25FN4O2S. The zero-order chi connectivity index (χ0) is 26.8. The molecule has 1 aliphatic heterocycles. The van der Waals surface area contributed by atoms with Gasteiger partial charge in [0.15, 0.2) is 5.11 Å². The number of thiocarbonyl (C=S) groups is 1. The van der Waals surface area contributed by atoms with Crippen LogP contribution in [0.4, 0.5) is 10.1 Å². The fourth-order valence-corrected chi connectivity index (χ4v) is 5.24. The summed E-state index contributed by atoms with van der Waals surface area (Å²) in [7, 11) is 1.63. The quantitative estimate of drug-likeness (QED) is 0.226. The van der Waals surface area contributed by atoms with Crippen molar-refractivity contribution >= 4 is 23.0 Å². The molecule has 194 valence electrons. The van der Waals surface area contributed by atoms with E-state index in [0.29, 0.717) is 22.3 Å². The molecule has 0 saturated carbocycles. The lowest BCUT2D eigenvalue weighted by Gasteiger charge is -2.29. The van der Waals surface area contributed by atoms with Gasteiger partial charge in [0.2, 0.25) is 0 Å². The van der Waals surface area contributed by atoms with Crippen molar-refractivity contribution in [1.29, 1.82) is 0 Å². The molecule has 1 N–H and O–H groups in total. The first-order valence-corrected chi connectivity index (χ1v) is 12.9. The van der Waals surface area contributed by atoms with Gasteiger partial charge in [0.25, 0.3) is 0 Å². The fraction of sp³-hybridized carbons (Fsp3) is 0.0968. The van der Waals surface area contributed by atoms with Crippen LogP contribution in [-0.4, -0.2) is 21.8 Å². The lowest BCUT2D eigenvalue weighted by atomic mass is 10.0. The van der Waals surface area contributed by atoms with Crippen molar-refractivity contribution in [2.75, 3.05) is 12.0 Å². The van der Waals surface area contributed by atoms with E-state index in [9.17, 15) is 4.39 Å². The van der Waals surface area contributed by atoms with Gasteiger partial charge in [0.1, 0.15) is 29.1 Å². The largest absolute Gasteiger partial charge is 0.497 e. The molecule has 1 aliphatic rings. The topological polar surface area (TPSA) is 51.6 Å². The van der Waals surface area contributed by atoms with Gasteiger partial charge in [0, 0.05) is 23.8 Å². The summed E-state index contributed by atoms with van der Waals surface area (Å²) in [6.07, 6.45) is 3.63. The molecule has 0 bridgehead atoms. The molecule has 0 spiro atoms. The van der Waals surface area contributed by atoms with Gasteiger partial charge in [-0.3, -0.25) is 4.98 Å². The van der Waals surface area contributed by atoms with Crippen LogP contribution < -0.4 is 19.7 Å². The summed E-state index contributed by atoms with van der Waals surface area (Å²) in [5.74, 6) is 1.86. The van der Waals surface area contributed by atoms with Crippen molar-refractivity contribution in [1.82, 2.24) is 14.9 Å². The first-order valence-electron chi connectivity index (χ1n) is 12.5. The monoisotopic (exact) mass is 536 g/mol. The third kappa shape index (κ3) is 4.82. The summed E-state index contributed by atoms with van der Waals surface area (Å²) in [4.78, 5) is 6.67. The van der Waals surface area contributed by atoms with Crippen molar-refractivity contribution < 1.29 is 13.9 Å². The van der Waals surface area contributed by atoms with E-state index in [4.69, 9.17) is 21.7 Å². The Balaban J connectivity index is 1.37. The number of hydrogen-bond acceptors (Lipinski definition) is 4. The fourth-order valence-electron chi connectivity index (χ4n) is 4.89. The molecule has 0 amide bonds. The number of benzene rings is 3. The number of nitrogens with one attached hydrogen (secondary N) is 1. The van der Waals surface area contributed by atoms with Gasteiger partial charge in [-0.05, 0) is 97.1 Å². The molecule has 1 saturated heterocycles. The standard InChI is InChI=1S/C31H25FN4O2S/c1-37-22-15-17-24(18-16-22)38-23-13-11-21(12-14-23)36-30(29(34-31(36)39)26-8-4-5-19-33-26)28-10-6-20-35(28)27-9-3-2-7-25(27)32/h2-20,29-30H,1H3,(H,34,39)/t29-,30-/m1/s1. The molecule has 2 aromatic heterocycles. The van der Waals surface area contributed by atoms with Crippen LogP contribution in [0, 0.1) is 5.82 Å². The van der Waals surface area contributed by atoms with Crippen molar-refractivity contribution in [3.05, 3.63) is 133 Å². The lowest BCUT2D eigenvalue weighted by Crippen LogP contribution is -2.30. The van der Waals surface area contributed by atoms with Crippen molar-refractivity contribution in [3.8, 4) is 22.9 Å². The first-order chi connectivity index (χ1) is 19.1. The Kier molecular flexibility index (Phi) is 6.69. The van der Waals surface area contributed by atoms with E-state index in [1.54, 1.807) is 25.4 Å². The average Bonchev–Trinajstić information content (AvgIpc) is 3.59. The smallest absolute Gasteiger partial charge is 0.174 e. The molecule has 3 aromatic carbocycles. The summed E-state index contributed by atoms with van der Waals surface area (Å²) in [6, 6.07) is 31.1. The predicted octanol–water partition coefficient (Wildman–Crippen LogP) is 6.99. The number of halogens is 1. The maximum Gasteiger partial charge on any atom is 0.174 e. The number of hydrogen-bond donors (Lipinski definition) is 1. The number of para-hydroxylation sites is 1. The summed E-state index contributed by atoms with van der Waals surface area (Å²) in [5, 5.41) is 4.02. The highest BCUT2D eigenvalue weighted by atomic mass is 32.1. The average molecular weight is 537 g/mol. The van der Waals surface area contributed by atoms with Crippen LogP contribution in [0.2, 0.25) is 0 Å². The first kappa shape index (κ1) is 24.6. The number of rotatable bonds is 7. The Bertz CT molecular complexity index is 1590. The zero-order valence-corrected chi connectivity index (χ0v) is 21.9. The molecule has 0 radical (unpaired) electrons. The Morgan fingerprint density at radius 3 is 2.21 bits per heavy atom. The third-order valence-corrected chi connectivity index (χ3v) is 7.02. The minimum atomic E-state index is -0.301. The summed E-state index contributed by atoms with van der Waals surface area (Å²) in [5.41, 5.74) is 3.06. The van der Waals surface area contributed by atoms with Crippen LogP contribution in [-0.2, 0) is 0 Å². The molecular weight excluding hydrogens is 511 g/mol. The molecule has 0 aliphatic carbocycles. The van der Waals surface area contributed by atoms with E-state index in [2.05, 4.69) is 15.2 Å². The predicted molar refractivity (Wildman–Crippen MR) is 153 cm³/mol. The number of ether oxygens (including phenoxy) is 2. The molecule has 3 heterocycles. The van der Waals surface area contributed by atoms with Crippen LogP contribution in [0.3, 0.4) is 0 Å². The van der Waals surface area contributed by atoms with Gasteiger partial charge < -0.3 is 24.3 Å². The maximum absolute atomic E-state index is 14.9. The highest BCUT2D eigenvalue weighted by Crippen LogP contribution is 2.42. The number of nitrogens with zero attached hydrogens (tertiary/aromatic N) is 3. The Hall–Kier alpha value is -4.69. The van der Waals surface area contributed by atoms with Crippen molar-refractivity contribution in [2.24, 2.45) is 0 Å². The third-order valence-electron chi connectivity index (χ3n) is 6.70. The van der Waals surface area contributed by atoms with Crippen LogP contribution >= 0.6 is 12.2 Å². The molecule has 6 nitrogen and oxygen atoms in total. The van der Waals surface area contributed by atoms with Crippen molar-refractivity contribution in [2.45, 2.75) is 12.1 Å². The molecule has 6 rings (SSSR count). The Labute approximate surface area is 231 Å². The Morgan fingerprint density at radius 2 is 1.51 bits per heavy atom. The number of aromatic nitrogens is 2. The summed E-state index contributed by atoms with van der Waals surface area (Å²) >= 11 is 5.86. The van der Waals surface area contributed by atoms with Crippen LogP contribution in [0.15, 0.2) is 116 Å². The number of anilines is 1. The van der Waals surface area contributed by atoms with Crippen molar-refractivity contribution in [3.63, 3.8) is 0 Å². The minimum Gasteiger partial charge on any atom is -0.497 e. The zero-order valence-electron chi connectivity index (χ0n) is 21.1. The SMILES string of the molecule is COc1ccc(Oc2ccc(N3C(=S)N[C@H](c4ccccn4)[C@H]3c3cccn3-c3ccccc3F)cc2)cc1. The molecule has 5 aromatic rings. The molecule has 0 unspecified atom stereocenters. The van der Waals surface area contributed by atoms with E-state index in [-0.39, 0.29) is 17.9 Å². The van der Waals surface area contributed by atoms with Crippen LogP contribution in [0.25, 0.3) is 5.69 Å².